The molecule has 26 heavy (non-hydrogen) atoms. The standard InChI is InChI=1S/C21H38O5/c1-4-5-6-7-8-9-10-11-12-13-17-25-20(23)15-14-16-21(24)26-19(3)18(2)22/h19H,4-17H2,1-3H3. The van der Waals surface area contributed by atoms with Crippen LogP contribution in [-0.4, -0.2) is 30.4 Å². The summed E-state index contributed by atoms with van der Waals surface area (Å²) in [6, 6.07) is 0. The first-order valence-electron chi connectivity index (χ1n) is 10.3. The molecular formula is C21H38O5. The Labute approximate surface area is 159 Å². The number of unbranched alkanes of at least 4 members (excludes halogenated alkanes) is 9. The highest BCUT2D eigenvalue weighted by Crippen LogP contribution is 2.10. The summed E-state index contributed by atoms with van der Waals surface area (Å²) in [5.41, 5.74) is 0. The van der Waals surface area contributed by atoms with Gasteiger partial charge in [0, 0.05) is 12.8 Å². The number of carbonyl (C=O) groups is 3. The number of Topliss-reactive ketones (excluding diaryl/α,β-unsaturated/α-hetero) is 1. The average molecular weight is 371 g/mol. The van der Waals surface area contributed by atoms with Crippen molar-refractivity contribution >= 4 is 17.7 Å². The molecule has 5 heteroatoms. The van der Waals surface area contributed by atoms with Gasteiger partial charge in [-0.15, -0.1) is 0 Å². The number of hydrogen-bond acceptors (Lipinski definition) is 5. The van der Waals surface area contributed by atoms with Crippen LogP contribution in [-0.2, 0) is 23.9 Å². The van der Waals surface area contributed by atoms with Gasteiger partial charge in [0.05, 0.1) is 6.61 Å². The van der Waals surface area contributed by atoms with Crippen molar-refractivity contribution in [2.45, 2.75) is 110 Å². The van der Waals surface area contributed by atoms with E-state index in [1.807, 2.05) is 0 Å². The van der Waals surface area contributed by atoms with Gasteiger partial charge in [-0.3, -0.25) is 14.4 Å². The minimum atomic E-state index is -0.717. The van der Waals surface area contributed by atoms with Crippen LogP contribution < -0.4 is 0 Å². The lowest BCUT2D eigenvalue weighted by atomic mass is 10.1. The highest BCUT2D eigenvalue weighted by atomic mass is 16.5. The van der Waals surface area contributed by atoms with Crippen molar-refractivity contribution in [1.29, 1.82) is 0 Å². The van der Waals surface area contributed by atoms with Crippen molar-refractivity contribution in [2.24, 2.45) is 0 Å². The number of carbonyl (C=O) groups excluding carboxylic acids is 3. The lowest BCUT2D eigenvalue weighted by molar-refractivity contribution is -0.153. The van der Waals surface area contributed by atoms with Gasteiger partial charge in [0.2, 0.25) is 0 Å². The Morgan fingerprint density at radius 1 is 0.731 bits per heavy atom. The number of hydrogen-bond donors (Lipinski definition) is 0. The topological polar surface area (TPSA) is 69.7 Å². The fourth-order valence-electron chi connectivity index (χ4n) is 2.56. The second-order valence-electron chi connectivity index (χ2n) is 7.00. The molecule has 1 atom stereocenters. The highest BCUT2D eigenvalue weighted by Gasteiger charge is 2.14. The number of ether oxygens (including phenoxy) is 2. The molecule has 0 amide bonds. The molecule has 0 fully saturated rings. The second kappa shape index (κ2) is 17.0. The van der Waals surface area contributed by atoms with Crippen LogP contribution in [0.15, 0.2) is 0 Å². The molecule has 0 aromatic heterocycles. The van der Waals surface area contributed by atoms with Crippen molar-refractivity contribution in [3.05, 3.63) is 0 Å². The molecule has 0 heterocycles. The Morgan fingerprint density at radius 2 is 1.23 bits per heavy atom. The molecule has 1 unspecified atom stereocenters. The largest absolute Gasteiger partial charge is 0.466 e. The predicted molar refractivity (Wildman–Crippen MR) is 103 cm³/mol. The maximum atomic E-state index is 11.6. The van der Waals surface area contributed by atoms with Crippen LogP contribution in [0.25, 0.3) is 0 Å². The van der Waals surface area contributed by atoms with E-state index in [0.717, 1.165) is 12.8 Å². The van der Waals surface area contributed by atoms with Gasteiger partial charge < -0.3 is 9.47 Å². The van der Waals surface area contributed by atoms with E-state index >= 15 is 0 Å². The molecule has 0 N–H and O–H groups in total. The Bertz CT molecular complexity index is 392. The summed E-state index contributed by atoms with van der Waals surface area (Å²) in [5.74, 6) is -0.905. The van der Waals surface area contributed by atoms with Gasteiger partial charge in [0.25, 0.3) is 0 Å². The fraction of sp³-hybridized carbons (Fsp3) is 0.857. The summed E-state index contributed by atoms with van der Waals surface area (Å²) in [5, 5.41) is 0. The van der Waals surface area contributed by atoms with Crippen molar-refractivity contribution in [3.8, 4) is 0 Å². The summed E-state index contributed by atoms with van der Waals surface area (Å²) in [6.45, 7) is 5.61. The van der Waals surface area contributed by atoms with E-state index in [9.17, 15) is 14.4 Å². The van der Waals surface area contributed by atoms with E-state index in [1.165, 1.54) is 58.3 Å². The SMILES string of the molecule is CCCCCCCCCCCCOC(=O)CCCC(=O)OC(C)C(C)=O. The molecule has 0 aliphatic heterocycles. The summed E-state index contributed by atoms with van der Waals surface area (Å²) < 4.78 is 10.1. The average Bonchev–Trinajstić information content (AvgIpc) is 2.59. The lowest BCUT2D eigenvalue weighted by Gasteiger charge is -2.09. The first-order valence-corrected chi connectivity index (χ1v) is 10.3. The fourth-order valence-corrected chi connectivity index (χ4v) is 2.56. The first-order chi connectivity index (χ1) is 12.5. The maximum Gasteiger partial charge on any atom is 0.306 e. The van der Waals surface area contributed by atoms with Crippen molar-refractivity contribution in [1.82, 2.24) is 0 Å². The van der Waals surface area contributed by atoms with Gasteiger partial charge >= 0.3 is 11.9 Å². The van der Waals surface area contributed by atoms with Gasteiger partial charge in [-0.05, 0) is 26.7 Å². The molecule has 0 radical (unpaired) electrons. The minimum absolute atomic E-state index is 0.130. The maximum absolute atomic E-state index is 11.6. The van der Waals surface area contributed by atoms with Gasteiger partial charge in [-0.25, -0.2) is 0 Å². The molecule has 5 nitrogen and oxygen atoms in total. The van der Waals surface area contributed by atoms with Crippen LogP contribution in [0.2, 0.25) is 0 Å². The molecule has 0 aliphatic rings. The number of esters is 2. The molecule has 0 bridgehead atoms. The van der Waals surface area contributed by atoms with Crippen LogP contribution >= 0.6 is 0 Å². The lowest BCUT2D eigenvalue weighted by Crippen LogP contribution is -2.21. The van der Waals surface area contributed by atoms with E-state index in [0.29, 0.717) is 13.0 Å². The van der Waals surface area contributed by atoms with Gasteiger partial charge in [0.15, 0.2) is 11.9 Å². The van der Waals surface area contributed by atoms with Crippen molar-refractivity contribution in [3.63, 3.8) is 0 Å². The summed E-state index contributed by atoms with van der Waals surface area (Å²) in [7, 11) is 0. The van der Waals surface area contributed by atoms with E-state index in [4.69, 9.17) is 9.47 Å². The molecule has 0 aliphatic carbocycles. The summed E-state index contributed by atoms with van der Waals surface area (Å²) in [4.78, 5) is 34.1. The van der Waals surface area contributed by atoms with Crippen molar-refractivity contribution < 1.29 is 23.9 Å². The monoisotopic (exact) mass is 370 g/mol. The van der Waals surface area contributed by atoms with Crippen LogP contribution in [0, 0.1) is 0 Å². The number of ketones is 1. The molecule has 0 aromatic carbocycles. The predicted octanol–water partition coefficient (Wildman–Crippen LogP) is 5.14. The zero-order valence-corrected chi connectivity index (χ0v) is 17.0. The third kappa shape index (κ3) is 16.1. The Balaban J connectivity index is 3.39. The Hall–Kier alpha value is -1.39. The zero-order chi connectivity index (χ0) is 19.6. The van der Waals surface area contributed by atoms with Crippen LogP contribution in [0.4, 0.5) is 0 Å². The minimum Gasteiger partial charge on any atom is -0.466 e. The molecule has 0 aromatic rings. The van der Waals surface area contributed by atoms with Crippen LogP contribution in [0.5, 0.6) is 0 Å². The van der Waals surface area contributed by atoms with Gasteiger partial charge in [-0.2, -0.15) is 0 Å². The molecule has 0 rings (SSSR count). The first kappa shape index (κ1) is 24.6. The number of rotatable bonds is 17. The quantitative estimate of drug-likeness (QED) is 0.262. The van der Waals surface area contributed by atoms with E-state index in [2.05, 4.69) is 6.92 Å². The van der Waals surface area contributed by atoms with Crippen LogP contribution in [0.3, 0.4) is 0 Å². The van der Waals surface area contributed by atoms with E-state index < -0.39 is 12.1 Å². The third-order valence-electron chi connectivity index (χ3n) is 4.40. The van der Waals surface area contributed by atoms with Crippen LogP contribution in [0.1, 0.15) is 104 Å². The van der Waals surface area contributed by atoms with Gasteiger partial charge in [-0.1, -0.05) is 64.7 Å². The second-order valence-corrected chi connectivity index (χ2v) is 7.00. The molecular weight excluding hydrogens is 332 g/mol. The normalized spacial score (nSPS) is 11.8. The third-order valence-corrected chi connectivity index (χ3v) is 4.40. The zero-order valence-electron chi connectivity index (χ0n) is 17.0. The highest BCUT2D eigenvalue weighted by molar-refractivity contribution is 5.83. The Morgan fingerprint density at radius 3 is 1.77 bits per heavy atom. The smallest absolute Gasteiger partial charge is 0.306 e. The summed E-state index contributed by atoms with van der Waals surface area (Å²) >= 11 is 0. The summed E-state index contributed by atoms with van der Waals surface area (Å²) in [6.07, 6.45) is 12.5. The van der Waals surface area contributed by atoms with E-state index in [-0.39, 0.29) is 24.6 Å². The molecule has 0 saturated carbocycles. The molecule has 0 saturated heterocycles. The van der Waals surface area contributed by atoms with E-state index in [1.54, 1.807) is 6.92 Å². The molecule has 0 spiro atoms. The Kier molecular flexibility index (Phi) is 16.1. The molecule has 152 valence electrons. The van der Waals surface area contributed by atoms with Crippen molar-refractivity contribution in [2.75, 3.05) is 6.61 Å². The van der Waals surface area contributed by atoms with Gasteiger partial charge in [0.1, 0.15) is 0 Å².